The second kappa shape index (κ2) is 7.23. The molecule has 0 bridgehead atoms. The molecule has 0 saturated heterocycles. The van der Waals surface area contributed by atoms with E-state index in [1.54, 1.807) is 43.3 Å². The third-order valence-electron chi connectivity index (χ3n) is 4.18. The Hall–Kier alpha value is -2.15. The number of sulfonamides is 1. The third-order valence-corrected chi connectivity index (χ3v) is 5.82. The van der Waals surface area contributed by atoms with E-state index in [2.05, 4.69) is 9.71 Å². The molecular formula is C19H19ClN2O3S. The van der Waals surface area contributed by atoms with Crippen molar-refractivity contribution in [2.45, 2.75) is 32.2 Å². The Bertz CT molecular complexity index is 1060. The number of hydrogen-bond donors (Lipinski definition) is 1. The molecule has 0 fully saturated rings. The van der Waals surface area contributed by atoms with Crippen LogP contribution in [0.3, 0.4) is 0 Å². The minimum absolute atomic E-state index is 0.0468. The van der Waals surface area contributed by atoms with Crippen LogP contribution in [0.5, 0.6) is 0 Å². The number of nitrogens with zero attached hydrogens (tertiary/aromatic N) is 1. The van der Waals surface area contributed by atoms with Crippen molar-refractivity contribution in [2.24, 2.45) is 0 Å². The summed E-state index contributed by atoms with van der Waals surface area (Å²) in [4.78, 5) is 4.63. The average Bonchev–Trinajstić information content (AvgIpc) is 2.96. The molecule has 0 aliphatic carbocycles. The summed E-state index contributed by atoms with van der Waals surface area (Å²) in [7, 11) is -3.63. The molecule has 136 valence electrons. The molecule has 0 atom stereocenters. The summed E-state index contributed by atoms with van der Waals surface area (Å²) in [6.45, 7) is 5.62. The predicted molar refractivity (Wildman–Crippen MR) is 102 cm³/mol. The van der Waals surface area contributed by atoms with Crippen LogP contribution >= 0.6 is 11.6 Å². The number of nitrogens with one attached hydrogen (secondary N) is 1. The topological polar surface area (TPSA) is 72.2 Å². The van der Waals surface area contributed by atoms with E-state index in [0.717, 1.165) is 16.7 Å². The van der Waals surface area contributed by atoms with Crippen molar-refractivity contribution >= 4 is 21.6 Å². The summed E-state index contributed by atoms with van der Waals surface area (Å²) in [5.74, 6) is 0.966. The van der Waals surface area contributed by atoms with Gasteiger partial charge in [0.1, 0.15) is 5.76 Å². The van der Waals surface area contributed by atoms with E-state index >= 15 is 0 Å². The van der Waals surface area contributed by atoms with Crippen molar-refractivity contribution in [1.82, 2.24) is 9.71 Å². The summed E-state index contributed by atoms with van der Waals surface area (Å²) in [6.07, 6.45) is 0. The van der Waals surface area contributed by atoms with Crippen molar-refractivity contribution in [3.05, 3.63) is 70.1 Å². The Kier molecular flexibility index (Phi) is 5.18. The molecular weight excluding hydrogens is 372 g/mol. The maximum Gasteiger partial charge on any atom is 0.240 e. The van der Waals surface area contributed by atoms with Gasteiger partial charge in [0.05, 0.1) is 17.1 Å². The number of halogens is 1. The van der Waals surface area contributed by atoms with E-state index in [1.165, 1.54) is 0 Å². The molecule has 3 aromatic rings. The molecule has 7 heteroatoms. The molecule has 1 aromatic heterocycles. The van der Waals surface area contributed by atoms with E-state index in [-0.39, 0.29) is 11.4 Å². The van der Waals surface area contributed by atoms with Crippen molar-refractivity contribution in [3.63, 3.8) is 0 Å². The lowest BCUT2D eigenvalue weighted by Crippen LogP contribution is -2.23. The van der Waals surface area contributed by atoms with Gasteiger partial charge < -0.3 is 4.42 Å². The van der Waals surface area contributed by atoms with Gasteiger partial charge in [0.15, 0.2) is 0 Å². The van der Waals surface area contributed by atoms with Crippen LogP contribution in [-0.4, -0.2) is 13.4 Å². The van der Waals surface area contributed by atoms with Crippen molar-refractivity contribution in [2.75, 3.05) is 0 Å². The SMILES string of the molecule is Cc1ccc(S(=O)(=O)NCc2nc(-c3cccc(Cl)c3)oc2C)cc1C. The number of oxazole rings is 1. The van der Waals surface area contributed by atoms with E-state index < -0.39 is 10.0 Å². The fourth-order valence-electron chi connectivity index (χ4n) is 2.46. The predicted octanol–water partition coefficient (Wildman–Crippen LogP) is 4.40. The lowest BCUT2D eigenvalue weighted by molar-refractivity contribution is 0.538. The highest BCUT2D eigenvalue weighted by Crippen LogP contribution is 2.24. The molecule has 0 saturated carbocycles. The van der Waals surface area contributed by atoms with Gasteiger partial charge in [-0.25, -0.2) is 18.1 Å². The van der Waals surface area contributed by atoms with Crippen molar-refractivity contribution in [1.29, 1.82) is 0 Å². The molecule has 5 nitrogen and oxygen atoms in total. The Morgan fingerprint density at radius 2 is 1.85 bits per heavy atom. The molecule has 0 radical (unpaired) electrons. The van der Waals surface area contributed by atoms with Crippen LogP contribution in [0.25, 0.3) is 11.5 Å². The zero-order valence-corrected chi connectivity index (χ0v) is 16.3. The maximum absolute atomic E-state index is 12.5. The molecule has 0 unspecified atom stereocenters. The van der Waals surface area contributed by atoms with Gasteiger partial charge in [0.25, 0.3) is 0 Å². The van der Waals surface area contributed by atoms with Crippen LogP contribution in [0, 0.1) is 20.8 Å². The zero-order valence-electron chi connectivity index (χ0n) is 14.7. The number of benzene rings is 2. The number of aryl methyl sites for hydroxylation is 3. The average molecular weight is 391 g/mol. The highest BCUT2D eigenvalue weighted by molar-refractivity contribution is 7.89. The standard InChI is InChI=1S/C19H19ClN2O3S/c1-12-7-8-17(9-13(12)2)26(23,24)21-11-18-14(3)25-19(22-18)15-5-4-6-16(20)10-15/h4-10,21H,11H2,1-3H3. The van der Waals surface area contributed by atoms with Gasteiger partial charge in [-0.05, 0) is 62.2 Å². The van der Waals surface area contributed by atoms with Crippen LogP contribution in [0.2, 0.25) is 5.02 Å². The highest BCUT2D eigenvalue weighted by Gasteiger charge is 2.18. The summed E-state index contributed by atoms with van der Waals surface area (Å²) in [5, 5.41) is 0.579. The Balaban J connectivity index is 1.80. The van der Waals surface area contributed by atoms with Crippen LogP contribution in [0.15, 0.2) is 51.8 Å². The Labute approximate surface area is 158 Å². The largest absolute Gasteiger partial charge is 0.441 e. The summed E-state index contributed by atoms with van der Waals surface area (Å²) in [6, 6.07) is 12.2. The van der Waals surface area contributed by atoms with Gasteiger partial charge in [0, 0.05) is 10.6 Å². The molecule has 0 aliphatic rings. The smallest absolute Gasteiger partial charge is 0.240 e. The van der Waals surface area contributed by atoms with E-state index in [1.807, 2.05) is 19.9 Å². The number of rotatable bonds is 5. The summed E-state index contributed by atoms with van der Waals surface area (Å²) < 4.78 is 33.3. The summed E-state index contributed by atoms with van der Waals surface area (Å²) in [5.41, 5.74) is 3.24. The Morgan fingerprint density at radius 3 is 2.54 bits per heavy atom. The van der Waals surface area contributed by atoms with Crippen LogP contribution in [-0.2, 0) is 16.6 Å². The quantitative estimate of drug-likeness (QED) is 0.700. The van der Waals surface area contributed by atoms with Crippen LogP contribution in [0.1, 0.15) is 22.6 Å². The van der Waals surface area contributed by atoms with Gasteiger partial charge in [-0.1, -0.05) is 23.7 Å². The Morgan fingerprint density at radius 1 is 1.08 bits per heavy atom. The van der Waals surface area contributed by atoms with Crippen LogP contribution in [0.4, 0.5) is 0 Å². The molecule has 2 aromatic carbocycles. The fraction of sp³-hybridized carbons (Fsp3) is 0.211. The molecule has 0 aliphatic heterocycles. The zero-order chi connectivity index (χ0) is 18.9. The monoisotopic (exact) mass is 390 g/mol. The molecule has 0 amide bonds. The maximum atomic E-state index is 12.5. The number of hydrogen-bond acceptors (Lipinski definition) is 4. The molecule has 26 heavy (non-hydrogen) atoms. The fourth-order valence-corrected chi connectivity index (χ4v) is 3.73. The minimum atomic E-state index is -3.63. The van der Waals surface area contributed by atoms with Crippen molar-refractivity contribution < 1.29 is 12.8 Å². The second-order valence-electron chi connectivity index (χ2n) is 6.10. The van der Waals surface area contributed by atoms with E-state index in [9.17, 15) is 8.42 Å². The summed E-state index contributed by atoms with van der Waals surface area (Å²) >= 11 is 5.99. The molecule has 1 N–H and O–H groups in total. The van der Waals surface area contributed by atoms with Gasteiger partial charge >= 0.3 is 0 Å². The van der Waals surface area contributed by atoms with Crippen molar-refractivity contribution in [3.8, 4) is 11.5 Å². The highest BCUT2D eigenvalue weighted by atomic mass is 35.5. The first-order chi connectivity index (χ1) is 12.3. The van der Waals surface area contributed by atoms with Crippen LogP contribution < -0.4 is 4.72 Å². The lowest BCUT2D eigenvalue weighted by Gasteiger charge is -2.08. The first kappa shape index (κ1) is 18.6. The van der Waals surface area contributed by atoms with Gasteiger partial charge in [-0.3, -0.25) is 0 Å². The lowest BCUT2D eigenvalue weighted by atomic mass is 10.1. The first-order valence-corrected chi connectivity index (χ1v) is 9.91. The number of aromatic nitrogens is 1. The van der Waals surface area contributed by atoms with Gasteiger partial charge in [-0.15, -0.1) is 0 Å². The molecule has 0 spiro atoms. The van der Waals surface area contributed by atoms with Gasteiger partial charge in [0.2, 0.25) is 15.9 Å². The second-order valence-corrected chi connectivity index (χ2v) is 8.31. The molecule has 1 heterocycles. The van der Waals surface area contributed by atoms with E-state index in [4.69, 9.17) is 16.0 Å². The van der Waals surface area contributed by atoms with Gasteiger partial charge in [-0.2, -0.15) is 0 Å². The third kappa shape index (κ3) is 3.98. The normalized spacial score (nSPS) is 11.7. The molecule has 3 rings (SSSR count). The van der Waals surface area contributed by atoms with E-state index in [0.29, 0.717) is 22.4 Å². The first-order valence-electron chi connectivity index (χ1n) is 8.05. The minimum Gasteiger partial charge on any atom is -0.441 e.